The van der Waals surface area contributed by atoms with Crippen LogP contribution in [0.5, 0.6) is 5.75 Å². The van der Waals surface area contributed by atoms with Gasteiger partial charge in [0.15, 0.2) is 6.61 Å². The van der Waals surface area contributed by atoms with Crippen LogP contribution in [0.25, 0.3) is 0 Å². The molecule has 10 heteroatoms. The highest BCUT2D eigenvalue weighted by atomic mass is 35.5. The number of anilines is 1. The Morgan fingerprint density at radius 1 is 1.03 bits per heavy atom. The first-order chi connectivity index (χ1) is 16.8. The molecule has 3 amide bonds. The molecular weight excluding hydrogens is 474 g/mol. The summed E-state index contributed by atoms with van der Waals surface area (Å²) in [6.07, 6.45) is 3.14. The normalized spacial score (nSPS) is 12.4. The largest absolute Gasteiger partial charge is 0.495 e. The Hall–Kier alpha value is -4.24. The molecule has 2 aromatic carbocycles. The fourth-order valence-electron chi connectivity index (χ4n) is 3.56. The van der Waals surface area contributed by atoms with Gasteiger partial charge in [0.05, 0.1) is 36.0 Å². The second kappa shape index (κ2) is 9.94. The number of amides is 3. The van der Waals surface area contributed by atoms with Gasteiger partial charge in [0, 0.05) is 23.5 Å². The van der Waals surface area contributed by atoms with Gasteiger partial charge in [0.2, 0.25) is 0 Å². The molecule has 0 atom stereocenters. The van der Waals surface area contributed by atoms with E-state index in [0.29, 0.717) is 16.5 Å². The van der Waals surface area contributed by atoms with E-state index in [1.54, 1.807) is 43.6 Å². The topological polar surface area (TPSA) is 115 Å². The summed E-state index contributed by atoms with van der Waals surface area (Å²) in [5, 5.41) is 3.09. The summed E-state index contributed by atoms with van der Waals surface area (Å²) in [7, 11) is 1.44. The number of carbonyl (C=O) groups is 4. The number of aromatic nitrogens is 1. The van der Waals surface area contributed by atoms with Crippen LogP contribution in [-0.4, -0.2) is 47.3 Å². The monoisotopic (exact) mass is 493 g/mol. The Kier molecular flexibility index (Phi) is 6.79. The van der Waals surface area contributed by atoms with Gasteiger partial charge >= 0.3 is 5.97 Å². The predicted molar refractivity (Wildman–Crippen MR) is 127 cm³/mol. The number of fused-ring (bicyclic) bond motifs is 1. The molecule has 4 rings (SSSR count). The number of methoxy groups -OCH3 is 1. The third-order valence-electron chi connectivity index (χ3n) is 5.39. The van der Waals surface area contributed by atoms with Gasteiger partial charge in [-0.25, -0.2) is 4.79 Å². The Labute approximate surface area is 205 Å². The molecule has 0 bridgehead atoms. The molecule has 178 valence electrons. The highest BCUT2D eigenvalue weighted by Gasteiger charge is 2.36. The van der Waals surface area contributed by atoms with Crippen LogP contribution in [0.1, 0.15) is 42.2 Å². The molecule has 1 N–H and O–H groups in total. The summed E-state index contributed by atoms with van der Waals surface area (Å²) in [5.74, 6) is -2.00. The Balaban J connectivity index is 1.41. The molecule has 1 aliphatic rings. The fraction of sp³-hybridized carbons (Fsp3) is 0.160. The van der Waals surface area contributed by atoms with Gasteiger partial charge in [-0.3, -0.25) is 24.3 Å². The van der Waals surface area contributed by atoms with Gasteiger partial charge in [0.1, 0.15) is 5.75 Å². The minimum Gasteiger partial charge on any atom is -0.495 e. The van der Waals surface area contributed by atoms with E-state index in [4.69, 9.17) is 21.1 Å². The van der Waals surface area contributed by atoms with Gasteiger partial charge in [-0.05, 0) is 54.4 Å². The summed E-state index contributed by atoms with van der Waals surface area (Å²) in [6.45, 7) is 1.29. The van der Waals surface area contributed by atoms with Crippen LogP contribution < -0.4 is 10.1 Å². The molecule has 1 aliphatic heterocycles. The number of esters is 1. The Bertz CT molecular complexity index is 1340. The molecule has 3 aromatic rings. The molecule has 0 aliphatic carbocycles. The summed E-state index contributed by atoms with van der Waals surface area (Å²) in [4.78, 5) is 55.4. The average Bonchev–Trinajstić information content (AvgIpc) is 3.09. The number of pyridine rings is 1. The summed E-state index contributed by atoms with van der Waals surface area (Å²) < 4.78 is 10.3. The molecule has 0 radical (unpaired) electrons. The minimum atomic E-state index is -0.810. The van der Waals surface area contributed by atoms with Crippen LogP contribution in [0.4, 0.5) is 5.69 Å². The molecule has 0 saturated carbocycles. The number of aryl methyl sites for hydroxylation is 1. The van der Waals surface area contributed by atoms with E-state index in [1.165, 1.54) is 25.3 Å². The van der Waals surface area contributed by atoms with Crippen molar-refractivity contribution in [2.75, 3.05) is 19.0 Å². The number of hydrogen-bond donors (Lipinski definition) is 1. The lowest BCUT2D eigenvalue weighted by Crippen LogP contribution is -2.29. The molecule has 0 spiro atoms. The molecule has 9 nitrogen and oxygen atoms in total. The zero-order valence-corrected chi connectivity index (χ0v) is 19.6. The zero-order valence-electron chi connectivity index (χ0n) is 18.8. The van der Waals surface area contributed by atoms with E-state index < -0.39 is 30.3 Å². The molecule has 0 fully saturated rings. The van der Waals surface area contributed by atoms with Crippen LogP contribution in [-0.2, 0) is 16.1 Å². The highest BCUT2D eigenvalue weighted by molar-refractivity contribution is 6.31. The number of halogens is 1. The van der Waals surface area contributed by atoms with Crippen LogP contribution in [0, 0.1) is 6.92 Å². The highest BCUT2D eigenvalue weighted by Crippen LogP contribution is 2.31. The lowest BCUT2D eigenvalue weighted by molar-refractivity contribution is -0.119. The van der Waals surface area contributed by atoms with E-state index in [2.05, 4.69) is 10.3 Å². The maximum atomic E-state index is 12.8. The van der Waals surface area contributed by atoms with E-state index in [9.17, 15) is 19.2 Å². The molecule has 0 unspecified atom stereocenters. The van der Waals surface area contributed by atoms with Crippen LogP contribution >= 0.6 is 11.6 Å². The number of nitrogens with one attached hydrogen (secondary N) is 1. The number of nitrogens with zero attached hydrogens (tertiary/aromatic N) is 2. The average molecular weight is 494 g/mol. The van der Waals surface area contributed by atoms with Crippen LogP contribution in [0.2, 0.25) is 5.02 Å². The molecule has 2 heterocycles. The number of carbonyl (C=O) groups excluding carboxylic acids is 4. The maximum Gasteiger partial charge on any atom is 0.338 e. The third-order valence-corrected chi connectivity index (χ3v) is 5.79. The first-order valence-electron chi connectivity index (χ1n) is 10.5. The van der Waals surface area contributed by atoms with Crippen LogP contribution in [0.15, 0.2) is 54.9 Å². The smallest absolute Gasteiger partial charge is 0.338 e. The van der Waals surface area contributed by atoms with E-state index >= 15 is 0 Å². The second-order valence-corrected chi connectivity index (χ2v) is 8.15. The van der Waals surface area contributed by atoms with Crippen molar-refractivity contribution in [2.45, 2.75) is 13.5 Å². The van der Waals surface area contributed by atoms with E-state index in [-0.39, 0.29) is 23.2 Å². The van der Waals surface area contributed by atoms with Crippen molar-refractivity contribution >= 4 is 41.0 Å². The summed E-state index contributed by atoms with van der Waals surface area (Å²) in [5.41, 5.74) is 2.20. The van der Waals surface area contributed by atoms with Gasteiger partial charge < -0.3 is 14.8 Å². The molecule has 0 saturated heterocycles. The van der Waals surface area contributed by atoms with Crippen molar-refractivity contribution < 1.29 is 28.7 Å². The zero-order chi connectivity index (χ0) is 25.1. The van der Waals surface area contributed by atoms with Crippen molar-refractivity contribution in [1.29, 1.82) is 0 Å². The predicted octanol–water partition coefficient (Wildman–Crippen LogP) is 3.64. The molecule has 1 aromatic heterocycles. The van der Waals surface area contributed by atoms with Gasteiger partial charge in [-0.15, -0.1) is 0 Å². The number of ether oxygens (including phenoxy) is 2. The van der Waals surface area contributed by atoms with Crippen LogP contribution in [0.3, 0.4) is 0 Å². The van der Waals surface area contributed by atoms with Crippen molar-refractivity contribution in [1.82, 2.24) is 9.88 Å². The Morgan fingerprint density at radius 3 is 2.46 bits per heavy atom. The first kappa shape index (κ1) is 23.9. The Morgan fingerprint density at radius 2 is 1.74 bits per heavy atom. The van der Waals surface area contributed by atoms with E-state index in [0.717, 1.165) is 16.0 Å². The summed E-state index contributed by atoms with van der Waals surface area (Å²) >= 11 is 6.07. The lowest BCUT2D eigenvalue weighted by atomic mass is 10.1. The van der Waals surface area contributed by atoms with Crippen molar-refractivity contribution in [3.05, 3.63) is 87.7 Å². The number of imide groups is 1. The van der Waals surface area contributed by atoms with Crippen molar-refractivity contribution in [3.63, 3.8) is 0 Å². The lowest BCUT2D eigenvalue weighted by Gasteiger charge is -2.13. The SMILES string of the molecule is COc1cc(Cl)c(C)cc1NC(=O)COC(=O)c1ccc2c(c1)C(=O)N(Cc1ccncc1)C2=O. The minimum absolute atomic E-state index is 0.0448. The molecule has 35 heavy (non-hydrogen) atoms. The van der Waals surface area contributed by atoms with Gasteiger partial charge in [-0.2, -0.15) is 0 Å². The number of rotatable bonds is 7. The first-order valence-corrected chi connectivity index (χ1v) is 10.9. The fourth-order valence-corrected chi connectivity index (χ4v) is 3.72. The third kappa shape index (κ3) is 4.99. The summed E-state index contributed by atoms with van der Waals surface area (Å²) in [6, 6.07) is 10.7. The molecular formula is C25H20ClN3O6. The number of hydrogen-bond acceptors (Lipinski definition) is 7. The number of benzene rings is 2. The second-order valence-electron chi connectivity index (χ2n) is 7.74. The van der Waals surface area contributed by atoms with Crippen molar-refractivity contribution in [2.24, 2.45) is 0 Å². The van der Waals surface area contributed by atoms with E-state index in [1.807, 2.05) is 0 Å². The van der Waals surface area contributed by atoms with Crippen molar-refractivity contribution in [3.8, 4) is 5.75 Å². The van der Waals surface area contributed by atoms with Gasteiger partial charge in [-0.1, -0.05) is 11.6 Å². The van der Waals surface area contributed by atoms with Gasteiger partial charge in [0.25, 0.3) is 17.7 Å². The quantitative estimate of drug-likeness (QED) is 0.394. The maximum absolute atomic E-state index is 12.8. The standard InChI is InChI=1S/C25H20ClN3O6/c1-14-9-20(21(34-2)11-19(14)26)28-22(30)13-35-25(33)16-3-4-17-18(10-16)24(32)29(23(17)31)12-15-5-7-27-8-6-15/h3-11H,12-13H2,1-2H3,(H,28,30).